The number of hydrogen-bond donors (Lipinski definition) is 1. The summed E-state index contributed by atoms with van der Waals surface area (Å²) < 4.78 is 0. The fourth-order valence-electron chi connectivity index (χ4n) is 2.37. The van der Waals surface area contributed by atoms with Crippen molar-refractivity contribution in [3.8, 4) is 0 Å². The van der Waals surface area contributed by atoms with Crippen LogP contribution in [0.1, 0.15) is 38.3 Å². The van der Waals surface area contributed by atoms with Crippen LogP contribution in [-0.2, 0) is 0 Å². The minimum Gasteiger partial charge on any atom is -0.310 e. The molecule has 0 aliphatic heterocycles. The molecule has 3 atom stereocenters. The van der Waals surface area contributed by atoms with E-state index in [9.17, 15) is 0 Å². The Kier molecular flexibility index (Phi) is 4.35. The highest BCUT2D eigenvalue weighted by molar-refractivity contribution is 6.42. The number of nitrogens with one attached hydrogen (secondary N) is 1. The molecular formula is C14H19Cl2N. The summed E-state index contributed by atoms with van der Waals surface area (Å²) in [6, 6.07) is 6.28. The quantitative estimate of drug-likeness (QED) is 0.819. The summed E-state index contributed by atoms with van der Waals surface area (Å²) >= 11 is 12.4. The molecule has 17 heavy (non-hydrogen) atoms. The smallest absolute Gasteiger partial charge is 0.0640 e. The second kappa shape index (κ2) is 5.60. The fourth-order valence-corrected chi connectivity index (χ4v) is 2.79. The van der Waals surface area contributed by atoms with Gasteiger partial charge in [-0.1, -0.05) is 49.2 Å². The molecule has 1 aliphatic rings. The third-order valence-electron chi connectivity index (χ3n) is 3.53. The van der Waals surface area contributed by atoms with Crippen molar-refractivity contribution >= 4 is 23.2 Å². The van der Waals surface area contributed by atoms with Gasteiger partial charge in [-0.05, 0) is 42.9 Å². The van der Waals surface area contributed by atoms with Crippen LogP contribution in [0, 0.1) is 11.8 Å². The van der Waals surface area contributed by atoms with Crippen LogP contribution < -0.4 is 5.32 Å². The molecule has 1 aromatic carbocycles. The van der Waals surface area contributed by atoms with E-state index in [1.807, 2.05) is 12.1 Å². The van der Waals surface area contributed by atoms with Gasteiger partial charge in [0.15, 0.2) is 0 Å². The van der Waals surface area contributed by atoms with E-state index in [1.165, 1.54) is 6.42 Å². The molecule has 1 N–H and O–H groups in total. The van der Waals surface area contributed by atoms with Crippen molar-refractivity contribution in [3.63, 3.8) is 0 Å². The predicted molar refractivity (Wildman–Crippen MR) is 74.8 cm³/mol. The van der Waals surface area contributed by atoms with Crippen LogP contribution >= 0.6 is 23.2 Å². The second-order valence-electron chi connectivity index (χ2n) is 4.95. The Hall–Kier alpha value is -0.240. The number of hydrogen-bond acceptors (Lipinski definition) is 1. The van der Waals surface area contributed by atoms with Crippen molar-refractivity contribution in [3.05, 3.63) is 33.8 Å². The third-order valence-corrected chi connectivity index (χ3v) is 4.36. The Balaban J connectivity index is 2.22. The highest BCUT2D eigenvalue weighted by Crippen LogP contribution is 2.48. The van der Waals surface area contributed by atoms with E-state index in [4.69, 9.17) is 23.2 Å². The lowest BCUT2D eigenvalue weighted by atomic mass is 10.0. The van der Waals surface area contributed by atoms with E-state index in [1.54, 1.807) is 0 Å². The Morgan fingerprint density at radius 3 is 2.71 bits per heavy atom. The van der Waals surface area contributed by atoms with E-state index >= 15 is 0 Å². The summed E-state index contributed by atoms with van der Waals surface area (Å²) in [6.07, 6.45) is 2.42. The molecule has 1 fully saturated rings. The third kappa shape index (κ3) is 2.96. The van der Waals surface area contributed by atoms with Gasteiger partial charge in [0.25, 0.3) is 0 Å². The first-order chi connectivity index (χ1) is 8.15. The molecule has 1 nitrogen and oxygen atoms in total. The Morgan fingerprint density at radius 2 is 2.12 bits per heavy atom. The highest BCUT2D eigenvalue weighted by Gasteiger charge is 2.40. The van der Waals surface area contributed by atoms with E-state index in [0.717, 1.165) is 24.4 Å². The van der Waals surface area contributed by atoms with Gasteiger partial charge in [0.05, 0.1) is 10.0 Å². The summed E-state index contributed by atoms with van der Waals surface area (Å²) in [5.41, 5.74) is 1.15. The molecule has 1 aliphatic carbocycles. The Morgan fingerprint density at radius 1 is 1.41 bits per heavy atom. The zero-order valence-corrected chi connectivity index (χ0v) is 11.9. The molecule has 1 saturated carbocycles. The minimum absolute atomic E-state index is 0.358. The van der Waals surface area contributed by atoms with Crippen molar-refractivity contribution in [1.82, 2.24) is 5.32 Å². The topological polar surface area (TPSA) is 12.0 Å². The van der Waals surface area contributed by atoms with Gasteiger partial charge in [-0.15, -0.1) is 0 Å². The summed E-state index contributed by atoms with van der Waals surface area (Å²) in [7, 11) is 0. The molecule has 0 amide bonds. The predicted octanol–water partition coefficient (Wildman–Crippen LogP) is 4.69. The average Bonchev–Trinajstić information content (AvgIpc) is 3.02. The highest BCUT2D eigenvalue weighted by atomic mass is 35.5. The van der Waals surface area contributed by atoms with Gasteiger partial charge in [0.2, 0.25) is 0 Å². The van der Waals surface area contributed by atoms with E-state index < -0.39 is 0 Å². The summed E-state index contributed by atoms with van der Waals surface area (Å²) in [6.45, 7) is 5.50. The van der Waals surface area contributed by atoms with Crippen molar-refractivity contribution in [1.29, 1.82) is 0 Å². The van der Waals surface area contributed by atoms with Crippen LogP contribution in [0.25, 0.3) is 0 Å². The van der Waals surface area contributed by atoms with Crippen LogP contribution in [0.2, 0.25) is 10.0 Å². The maximum absolute atomic E-state index is 6.31. The molecule has 0 spiro atoms. The van der Waals surface area contributed by atoms with E-state index in [0.29, 0.717) is 22.0 Å². The largest absolute Gasteiger partial charge is 0.310 e. The van der Waals surface area contributed by atoms with Crippen molar-refractivity contribution < 1.29 is 0 Å². The summed E-state index contributed by atoms with van der Waals surface area (Å²) in [4.78, 5) is 0. The number of benzene rings is 1. The lowest BCUT2D eigenvalue weighted by Crippen LogP contribution is -2.24. The van der Waals surface area contributed by atoms with Gasteiger partial charge in [-0.3, -0.25) is 0 Å². The van der Waals surface area contributed by atoms with Gasteiger partial charge in [0.1, 0.15) is 0 Å². The molecule has 2 rings (SSSR count). The summed E-state index contributed by atoms with van der Waals surface area (Å²) in [5, 5.41) is 4.97. The zero-order chi connectivity index (χ0) is 12.4. The molecule has 0 aromatic heterocycles. The SMILES string of the molecule is CCCNC(c1cccc(Cl)c1Cl)C1CC1C. The van der Waals surface area contributed by atoms with Gasteiger partial charge >= 0.3 is 0 Å². The van der Waals surface area contributed by atoms with Crippen molar-refractivity contribution in [2.24, 2.45) is 11.8 Å². The molecular weight excluding hydrogens is 253 g/mol. The van der Waals surface area contributed by atoms with Gasteiger partial charge in [0, 0.05) is 6.04 Å². The maximum Gasteiger partial charge on any atom is 0.0640 e. The molecule has 1 aromatic rings. The monoisotopic (exact) mass is 271 g/mol. The zero-order valence-electron chi connectivity index (χ0n) is 10.3. The molecule has 0 bridgehead atoms. The number of halogens is 2. The van der Waals surface area contributed by atoms with Crippen LogP contribution in [0.4, 0.5) is 0 Å². The van der Waals surface area contributed by atoms with Gasteiger partial charge < -0.3 is 5.32 Å². The Bertz CT molecular complexity index is 392. The van der Waals surface area contributed by atoms with Crippen LogP contribution in [-0.4, -0.2) is 6.54 Å². The van der Waals surface area contributed by atoms with Gasteiger partial charge in [-0.25, -0.2) is 0 Å². The van der Waals surface area contributed by atoms with Crippen LogP contribution in [0.3, 0.4) is 0 Å². The standard InChI is InChI=1S/C14H19Cl2N/c1-3-7-17-14(11-8-9(11)2)10-5-4-6-12(15)13(10)16/h4-6,9,11,14,17H,3,7-8H2,1-2H3. The first-order valence-corrected chi connectivity index (χ1v) is 7.08. The molecule has 0 radical (unpaired) electrons. The lowest BCUT2D eigenvalue weighted by molar-refractivity contribution is 0.463. The molecule has 3 heteroatoms. The summed E-state index contributed by atoms with van der Waals surface area (Å²) in [5.74, 6) is 1.50. The molecule has 3 unspecified atom stereocenters. The van der Waals surface area contributed by atoms with E-state index in [-0.39, 0.29) is 0 Å². The normalized spacial score (nSPS) is 24.7. The average molecular weight is 272 g/mol. The first kappa shape index (κ1) is 13.2. The van der Waals surface area contributed by atoms with E-state index in [2.05, 4.69) is 25.2 Å². The van der Waals surface area contributed by atoms with Crippen molar-refractivity contribution in [2.75, 3.05) is 6.54 Å². The Labute approximate surface area is 114 Å². The van der Waals surface area contributed by atoms with Crippen molar-refractivity contribution in [2.45, 2.75) is 32.7 Å². The molecule has 0 saturated heterocycles. The van der Waals surface area contributed by atoms with Gasteiger partial charge in [-0.2, -0.15) is 0 Å². The number of rotatable bonds is 5. The van der Waals surface area contributed by atoms with Crippen LogP contribution in [0.5, 0.6) is 0 Å². The molecule has 0 heterocycles. The first-order valence-electron chi connectivity index (χ1n) is 6.32. The molecule has 94 valence electrons. The lowest BCUT2D eigenvalue weighted by Gasteiger charge is -2.20. The fraction of sp³-hybridized carbons (Fsp3) is 0.571. The van der Waals surface area contributed by atoms with Crippen LogP contribution in [0.15, 0.2) is 18.2 Å². The minimum atomic E-state index is 0.358. The maximum atomic E-state index is 6.31. The second-order valence-corrected chi connectivity index (χ2v) is 5.74.